The quantitative estimate of drug-likeness (QED) is 0.367. The molecule has 0 amide bonds. The molecule has 0 unspecified atom stereocenters. The highest BCUT2D eigenvalue weighted by atomic mass is 79.9. The lowest BCUT2D eigenvalue weighted by Gasteiger charge is -2.05. The Balaban J connectivity index is 0.000000354. The molecule has 2 aromatic rings. The van der Waals surface area contributed by atoms with Crippen molar-refractivity contribution in [2.75, 3.05) is 7.11 Å². The van der Waals surface area contributed by atoms with Crippen LogP contribution in [0.15, 0.2) is 64.0 Å². The minimum Gasteiger partial charge on any atom is -0.744 e. The maximum absolute atomic E-state index is 10.4. The molecule has 0 aliphatic heterocycles. The van der Waals surface area contributed by atoms with Crippen LogP contribution in [0.25, 0.3) is 0 Å². The van der Waals surface area contributed by atoms with Crippen LogP contribution in [-0.2, 0) is 10.1 Å². The van der Waals surface area contributed by atoms with Gasteiger partial charge in [0.1, 0.15) is 15.9 Å². The number of hydrogen-bond acceptors (Lipinski definition) is 4. The molecule has 0 bridgehead atoms. The fraction of sp³-hybridized carbons (Fsp3) is 0.0714. The van der Waals surface area contributed by atoms with Gasteiger partial charge >= 0.3 is 5.96 Å². The summed E-state index contributed by atoms with van der Waals surface area (Å²) in [6, 6.07) is 15.2. The fourth-order valence-electron chi connectivity index (χ4n) is 1.16. The van der Waals surface area contributed by atoms with Gasteiger partial charge in [-0.3, -0.25) is 16.9 Å². The highest BCUT2D eigenvalue weighted by molar-refractivity contribution is 9.10. The van der Waals surface area contributed by atoms with E-state index in [1.807, 2.05) is 30.3 Å². The zero-order valence-electron chi connectivity index (χ0n) is 12.3. The summed E-state index contributed by atoms with van der Waals surface area (Å²) in [6.45, 7) is 0. The van der Waals surface area contributed by atoms with E-state index in [1.54, 1.807) is 7.11 Å². The van der Waals surface area contributed by atoms with Crippen molar-refractivity contribution in [3.05, 3.63) is 59.1 Å². The van der Waals surface area contributed by atoms with Crippen molar-refractivity contribution in [3.8, 4) is 5.75 Å². The first-order chi connectivity index (χ1) is 10.7. The van der Waals surface area contributed by atoms with Crippen molar-refractivity contribution >= 4 is 32.0 Å². The summed E-state index contributed by atoms with van der Waals surface area (Å²) in [5.41, 5.74) is 9.17. The molecule has 0 aliphatic rings. The molecule has 0 saturated heterocycles. The first-order valence-corrected chi connectivity index (χ1v) is 8.30. The normalized spacial score (nSPS) is 9.52. The van der Waals surface area contributed by atoms with Gasteiger partial charge < -0.3 is 9.29 Å². The van der Waals surface area contributed by atoms with Crippen LogP contribution in [0.5, 0.6) is 5.75 Å². The summed E-state index contributed by atoms with van der Waals surface area (Å²) in [5, 5.41) is 4.58. The van der Waals surface area contributed by atoms with Crippen molar-refractivity contribution < 1.29 is 23.1 Å². The van der Waals surface area contributed by atoms with Crippen LogP contribution in [0.4, 0.5) is 0 Å². The SMILES string of the molecule is COc1ccccc1.NC(N)=[NH2+].O=S(=O)([O-])c1ccc(Br)cc1. The first-order valence-electron chi connectivity index (χ1n) is 6.10. The Morgan fingerprint density at radius 3 is 1.83 bits per heavy atom. The molecule has 0 spiro atoms. The summed E-state index contributed by atoms with van der Waals surface area (Å²) >= 11 is 3.12. The van der Waals surface area contributed by atoms with Gasteiger partial charge in [-0.1, -0.05) is 34.1 Å². The van der Waals surface area contributed by atoms with Crippen molar-refractivity contribution in [1.82, 2.24) is 0 Å². The van der Waals surface area contributed by atoms with Crippen LogP contribution in [0.3, 0.4) is 0 Å². The van der Waals surface area contributed by atoms with Gasteiger partial charge in [-0.05, 0) is 36.4 Å². The standard InChI is InChI=1S/C7H8O.C6H5BrO3S.CH5N3/c1-8-7-5-3-2-4-6-7;7-5-1-3-6(4-2-5)11(8,9)10;2-1(3)4/h2-6H,1H3;1-4H,(H,8,9,10);(H5,2,3,4). The van der Waals surface area contributed by atoms with Gasteiger partial charge in [-0.25, -0.2) is 8.42 Å². The Bertz CT molecular complexity index is 688. The number of methoxy groups -OCH3 is 1. The number of guanidine groups is 1. The maximum Gasteiger partial charge on any atom is 0.336 e. The largest absolute Gasteiger partial charge is 0.744 e. The molecule has 23 heavy (non-hydrogen) atoms. The molecule has 9 heteroatoms. The van der Waals surface area contributed by atoms with Crippen LogP contribution < -0.4 is 21.6 Å². The number of hydrogen-bond donors (Lipinski definition) is 3. The monoisotopic (exact) mass is 403 g/mol. The van der Waals surface area contributed by atoms with Gasteiger partial charge in [0.2, 0.25) is 0 Å². The Kier molecular flexibility index (Phi) is 9.63. The van der Waals surface area contributed by atoms with E-state index in [0.717, 1.165) is 10.2 Å². The number of halogens is 1. The second kappa shape index (κ2) is 10.6. The summed E-state index contributed by atoms with van der Waals surface area (Å²) in [7, 11) is -2.63. The Morgan fingerprint density at radius 2 is 1.52 bits per heavy atom. The zero-order chi connectivity index (χ0) is 17.9. The van der Waals surface area contributed by atoms with E-state index in [4.69, 9.17) is 4.74 Å². The minimum absolute atomic E-state index is 0.0833. The third kappa shape index (κ3) is 11.2. The molecule has 2 aromatic carbocycles. The van der Waals surface area contributed by atoms with E-state index in [-0.39, 0.29) is 10.9 Å². The highest BCUT2D eigenvalue weighted by Crippen LogP contribution is 2.13. The van der Waals surface area contributed by atoms with Crippen LogP contribution in [-0.4, -0.2) is 26.0 Å². The average Bonchev–Trinajstić information content (AvgIpc) is 2.48. The van der Waals surface area contributed by atoms with Gasteiger partial charge in [0.05, 0.1) is 12.0 Å². The Morgan fingerprint density at radius 1 is 1.09 bits per heavy atom. The first kappa shape index (κ1) is 20.9. The summed E-state index contributed by atoms with van der Waals surface area (Å²) in [5.74, 6) is 0.826. The third-order valence-electron chi connectivity index (χ3n) is 2.08. The topological polar surface area (TPSA) is 144 Å². The van der Waals surface area contributed by atoms with E-state index in [2.05, 4.69) is 32.8 Å². The lowest BCUT2D eigenvalue weighted by molar-refractivity contribution is -0.116. The molecule has 0 radical (unpaired) electrons. The molecule has 2 rings (SSSR count). The molecule has 0 saturated carbocycles. The summed E-state index contributed by atoms with van der Waals surface area (Å²) in [4.78, 5) is -0.208. The molecule has 0 aliphatic carbocycles. The van der Waals surface area contributed by atoms with Crippen molar-refractivity contribution in [2.24, 2.45) is 11.5 Å². The molecule has 0 fully saturated rings. The predicted molar refractivity (Wildman–Crippen MR) is 90.4 cm³/mol. The molecule has 6 N–H and O–H groups in total. The van der Waals surface area contributed by atoms with Crippen LogP contribution in [0.2, 0.25) is 0 Å². The van der Waals surface area contributed by atoms with Crippen LogP contribution in [0, 0.1) is 0 Å². The van der Waals surface area contributed by atoms with Gasteiger partial charge in [0.25, 0.3) is 0 Å². The lowest BCUT2D eigenvalue weighted by atomic mass is 10.3. The second-order valence-corrected chi connectivity index (χ2v) is 6.22. The van der Waals surface area contributed by atoms with Gasteiger partial charge in [-0.15, -0.1) is 0 Å². The number of benzene rings is 2. The molecule has 0 heterocycles. The molecular weight excluding hydrogens is 386 g/mol. The van der Waals surface area contributed by atoms with Crippen molar-refractivity contribution in [1.29, 1.82) is 0 Å². The number of nitrogens with two attached hydrogens (primary N) is 3. The van der Waals surface area contributed by atoms with E-state index >= 15 is 0 Å². The number of ether oxygens (including phenoxy) is 1. The fourth-order valence-corrected chi connectivity index (χ4v) is 1.89. The molecule has 0 atom stereocenters. The number of rotatable bonds is 2. The highest BCUT2D eigenvalue weighted by Gasteiger charge is 1.98. The maximum atomic E-state index is 10.4. The van der Waals surface area contributed by atoms with E-state index in [1.165, 1.54) is 24.3 Å². The van der Waals surface area contributed by atoms with E-state index in [9.17, 15) is 13.0 Å². The average molecular weight is 404 g/mol. The van der Waals surface area contributed by atoms with Crippen LogP contribution >= 0.6 is 15.9 Å². The van der Waals surface area contributed by atoms with Crippen LogP contribution in [0.1, 0.15) is 0 Å². The van der Waals surface area contributed by atoms with Crippen molar-refractivity contribution in [3.63, 3.8) is 0 Å². The van der Waals surface area contributed by atoms with Gasteiger partial charge in [-0.2, -0.15) is 0 Å². The Labute approximate surface area is 143 Å². The molecule has 126 valence electrons. The summed E-state index contributed by atoms with van der Waals surface area (Å²) in [6.07, 6.45) is 0. The lowest BCUT2D eigenvalue weighted by Crippen LogP contribution is -2.51. The minimum atomic E-state index is -4.29. The van der Waals surface area contributed by atoms with Crippen molar-refractivity contribution in [2.45, 2.75) is 4.90 Å². The van der Waals surface area contributed by atoms with E-state index in [0.29, 0.717) is 0 Å². The molecular formula is C14H18BrN3O4S. The predicted octanol–water partition coefficient (Wildman–Crippen LogP) is 0.0673. The number of para-hydroxylation sites is 1. The third-order valence-corrected chi connectivity index (χ3v) is 3.46. The van der Waals surface area contributed by atoms with Gasteiger partial charge in [0, 0.05) is 4.47 Å². The molecule has 0 aromatic heterocycles. The van der Waals surface area contributed by atoms with Gasteiger partial charge in [0.15, 0.2) is 0 Å². The smallest absolute Gasteiger partial charge is 0.336 e. The Hall–Kier alpha value is -2.10. The summed E-state index contributed by atoms with van der Waals surface area (Å²) < 4.78 is 36.8. The second-order valence-electron chi connectivity index (χ2n) is 3.93. The molecule has 7 nitrogen and oxygen atoms in total. The zero-order valence-corrected chi connectivity index (χ0v) is 14.7. The van der Waals surface area contributed by atoms with E-state index < -0.39 is 10.1 Å².